The van der Waals surface area contributed by atoms with E-state index in [1.165, 1.54) is 30.6 Å². The Labute approximate surface area is 273 Å². The van der Waals surface area contributed by atoms with E-state index in [0.717, 1.165) is 10.7 Å². The van der Waals surface area contributed by atoms with Crippen LogP contribution in [0.5, 0.6) is 23.7 Å². The van der Waals surface area contributed by atoms with Gasteiger partial charge < -0.3 is 19.7 Å². The number of nitrogens with one attached hydrogen (secondary N) is 1. The molecule has 16 nitrogen and oxygen atoms in total. The fourth-order valence-corrected chi connectivity index (χ4v) is 3.93. The van der Waals surface area contributed by atoms with Gasteiger partial charge in [-0.3, -0.25) is 0 Å². The summed E-state index contributed by atoms with van der Waals surface area (Å²) < 4.78 is 26.5. The Morgan fingerprint density at radius 1 is 0.796 bits per heavy atom. The van der Waals surface area contributed by atoms with Gasteiger partial charge in [-0.25, -0.2) is 33.7 Å². The van der Waals surface area contributed by atoms with Gasteiger partial charge in [-0.05, 0) is 66.6 Å². The lowest BCUT2D eigenvalue weighted by molar-refractivity contribution is 0.0674. The third-order valence-electron chi connectivity index (χ3n) is 6.21. The number of halogens is 1. The molecule has 0 fully saturated rings. The Hall–Kier alpha value is -7.97. The van der Waals surface area contributed by atoms with E-state index in [0.29, 0.717) is 16.7 Å². The van der Waals surface area contributed by atoms with Crippen molar-refractivity contribution in [3.8, 4) is 59.1 Å². The highest BCUT2D eigenvalue weighted by Crippen LogP contribution is 2.26. The van der Waals surface area contributed by atoms with Crippen LogP contribution in [0.15, 0.2) is 73.1 Å². The van der Waals surface area contributed by atoms with Crippen LogP contribution in [0.4, 0.5) is 4.39 Å². The van der Waals surface area contributed by atoms with Gasteiger partial charge in [0.15, 0.2) is 5.82 Å². The van der Waals surface area contributed by atoms with Gasteiger partial charge >= 0.3 is 17.9 Å². The quantitative estimate of drug-likeness (QED) is 0.210. The number of carboxylic acid groups (broad SMARTS) is 2. The fraction of sp³-hybridized carbons (Fsp3) is 0. The lowest BCUT2D eigenvalue weighted by atomic mass is 10.1. The van der Waals surface area contributed by atoms with Crippen LogP contribution >= 0.6 is 0 Å². The molecule has 236 valence electrons. The average molecular weight is 655 g/mol. The summed E-state index contributed by atoms with van der Waals surface area (Å²) >= 11 is 0. The van der Waals surface area contributed by atoms with Crippen molar-refractivity contribution < 1.29 is 33.7 Å². The molecule has 4 heterocycles. The number of carbonyl (C=O) groups is 2. The van der Waals surface area contributed by atoms with E-state index < -0.39 is 35.2 Å². The van der Waals surface area contributed by atoms with Gasteiger partial charge in [0.1, 0.15) is 5.69 Å². The van der Waals surface area contributed by atoms with Crippen LogP contribution in [0, 0.1) is 40.8 Å². The molecule has 6 rings (SSSR count). The van der Waals surface area contributed by atoms with E-state index in [2.05, 4.69) is 64.4 Å². The monoisotopic (exact) mass is 654 g/mol. The van der Waals surface area contributed by atoms with Crippen molar-refractivity contribution in [3.05, 3.63) is 118 Å². The molecule has 0 radical (unpaired) electrons. The third kappa shape index (κ3) is 7.14. The lowest BCUT2D eigenvalue weighted by Crippen LogP contribution is -2.09. The zero-order valence-electron chi connectivity index (χ0n) is 24.4. The van der Waals surface area contributed by atoms with Crippen molar-refractivity contribution in [1.82, 2.24) is 45.4 Å². The molecule has 0 amide bonds. The number of aromatic carboxylic acids is 2. The number of carboxylic acids is 2. The van der Waals surface area contributed by atoms with E-state index in [1.54, 1.807) is 36.4 Å². The Kier molecular flexibility index (Phi) is 8.59. The maximum absolute atomic E-state index is 14.9. The standard InChI is InChI=1S/C32H15FN10O6/c33-24-15-21(6-3-18-1-4-20(16-34)5-2-18)17-36-27(24)48-29-26(31(46)47)43(42-40-29)23-11-8-19(9-12-23)7-10-22-13-14-35-32(37-22)49-28-25(30(44)45)38-41-39-28/h1-2,4-5,8-9,11-15,17H,(H,44,45)(H,46,47)(H,38,39,41). The van der Waals surface area contributed by atoms with Gasteiger partial charge in [-0.1, -0.05) is 38.4 Å². The molecule has 17 heteroatoms. The zero-order chi connectivity index (χ0) is 34.3. The Bertz CT molecular complexity index is 2400. The molecule has 0 aliphatic carbocycles. The summed E-state index contributed by atoms with van der Waals surface area (Å²) in [5.41, 5.74) is 1.49. The van der Waals surface area contributed by atoms with Crippen LogP contribution in [-0.2, 0) is 0 Å². The van der Waals surface area contributed by atoms with Crippen LogP contribution in [0.1, 0.15) is 48.9 Å². The maximum atomic E-state index is 14.9. The number of ether oxygens (including phenoxy) is 2. The summed E-state index contributed by atoms with van der Waals surface area (Å²) in [4.78, 5) is 35.3. The molecule has 0 saturated carbocycles. The molecule has 0 bridgehead atoms. The van der Waals surface area contributed by atoms with E-state index in [1.807, 2.05) is 6.07 Å². The second kappa shape index (κ2) is 13.6. The molecular weight excluding hydrogens is 639 g/mol. The number of rotatable bonds is 7. The summed E-state index contributed by atoms with van der Waals surface area (Å²) in [6.45, 7) is 0. The Morgan fingerprint density at radius 2 is 1.49 bits per heavy atom. The van der Waals surface area contributed by atoms with Crippen molar-refractivity contribution >= 4 is 11.9 Å². The van der Waals surface area contributed by atoms with Crippen molar-refractivity contribution in [2.45, 2.75) is 0 Å². The number of aromatic amines is 1. The molecule has 6 aromatic rings. The fourth-order valence-electron chi connectivity index (χ4n) is 3.93. The SMILES string of the molecule is N#Cc1ccc(C#Cc2cnc(Oc3nnn(-c4ccc(C#Cc5ccnc(Oc6nn[nH]c6C(=O)O)n5)cc4)c3C(=O)O)c(F)c2)cc1. The topological polar surface area (TPSA) is 228 Å². The normalized spacial score (nSPS) is 10.1. The Balaban J connectivity index is 1.16. The summed E-state index contributed by atoms with van der Waals surface area (Å²) in [6.07, 6.45) is 2.61. The number of pyridine rings is 1. The van der Waals surface area contributed by atoms with Gasteiger partial charge in [0, 0.05) is 29.1 Å². The average Bonchev–Trinajstić information content (AvgIpc) is 3.76. The van der Waals surface area contributed by atoms with Crippen molar-refractivity contribution in [1.29, 1.82) is 5.26 Å². The summed E-state index contributed by atoms with van der Waals surface area (Å²) in [6, 6.07) is 17.1. The predicted octanol–water partition coefficient (Wildman–Crippen LogP) is 3.36. The minimum Gasteiger partial charge on any atom is -0.476 e. The number of nitriles is 1. The first-order valence-electron chi connectivity index (χ1n) is 13.6. The second-order valence-electron chi connectivity index (χ2n) is 9.43. The molecule has 0 aliphatic rings. The van der Waals surface area contributed by atoms with Gasteiger partial charge in [-0.15, -0.1) is 0 Å². The number of nitrogens with zero attached hydrogens (tertiary/aromatic N) is 9. The van der Waals surface area contributed by atoms with Gasteiger partial charge in [0.25, 0.3) is 17.6 Å². The molecular formula is C32H15FN10O6. The van der Waals surface area contributed by atoms with E-state index >= 15 is 0 Å². The molecule has 4 aromatic heterocycles. The van der Waals surface area contributed by atoms with Crippen LogP contribution < -0.4 is 9.47 Å². The first kappa shape index (κ1) is 31.0. The number of aromatic nitrogens is 9. The van der Waals surface area contributed by atoms with Gasteiger partial charge in [-0.2, -0.15) is 10.2 Å². The Morgan fingerprint density at radius 3 is 2.18 bits per heavy atom. The highest BCUT2D eigenvalue weighted by molar-refractivity contribution is 5.89. The highest BCUT2D eigenvalue weighted by atomic mass is 19.1. The largest absolute Gasteiger partial charge is 0.476 e. The van der Waals surface area contributed by atoms with E-state index in [9.17, 15) is 19.1 Å². The molecule has 49 heavy (non-hydrogen) atoms. The number of hydrogen-bond acceptors (Lipinski definition) is 12. The van der Waals surface area contributed by atoms with Crippen LogP contribution in [0.3, 0.4) is 0 Å². The first-order valence-corrected chi connectivity index (χ1v) is 13.6. The second-order valence-corrected chi connectivity index (χ2v) is 9.43. The molecule has 3 N–H and O–H groups in total. The molecule has 0 spiro atoms. The minimum absolute atomic E-state index is 0.205. The van der Waals surface area contributed by atoms with Crippen LogP contribution in [0.25, 0.3) is 5.69 Å². The number of hydrogen-bond donors (Lipinski definition) is 3. The molecule has 0 aliphatic heterocycles. The number of H-pyrrole nitrogens is 1. The molecule has 0 unspecified atom stereocenters. The zero-order valence-corrected chi connectivity index (χ0v) is 24.4. The predicted molar refractivity (Wildman–Crippen MR) is 161 cm³/mol. The van der Waals surface area contributed by atoms with Crippen molar-refractivity contribution in [2.75, 3.05) is 0 Å². The molecule has 0 saturated heterocycles. The first-order chi connectivity index (χ1) is 23.8. The van der Waals surface area contributed by atoms with Crippen LogP contribution in [0.2, 0.25) is 0 Å². The lowest BCUT2D eigenvalue weighted by Gasteiger charge is -2.06. The van der Waals surface area contributed by atoms with Gasteiger partial charge in [0.05, 0.1) is 17.3 Å². The van der Waals surface area contributed by atoms with E-state index in [4.69, 9.17) is 19.8 Å². The van der Waals surface area contributed by atoms with Crippen molar-refractivity contribution in [3.63, 3.8) is 0 Å². The third-order valence-corrected chi connectivity index (χ3v) is 6.21. The summed E-state index contributed by atoms with van der Waals surface area (Å²) in [7, 11) is 0. The van der Waals surface area contributed by atoms with Crippen molar-refractivity contribution in [2.24, 2.45) is 0 Å². The molecule has 0 atom stereocenters. The maximum Gasteiger partial charge on any atom is 0.360 e. The summed E-state index contributed by atoms with van der Waals surface area (Å²) in [5, 5.41) is 44.7. The summed E-state index contributed by atoms with van der Waals surface area (Å²) in [5.74, 6) is 6.26. The van der Waals surface area contributed by atoms with Gasteiger partial charge in [0.2, 0.25) is 11.4 Å². The van der Waals surface area contributed by atoms with E-state index in [-0.39, 0.29) is 34.5 Å². The van der Waals surface area contributed by atoms with Crippen LogP contribution in [-0.4, -0.2) is 67.5 Å². The smallest absolute Gasteiger partial charge is 0.360 e. The minimum atomic E-state index is -1.45. The number of benzene rings is 2. The highest BCUT2D eigenvalue weighted by Gasteiger charge is 2.24. The molecule has 2 aromatic carbocycles.